The van der Waals surface area contributed by atoms with Crippen LogP contribution in [-0.4, -0.2) is 40.6 Å². The number of hydrogen-bond acceptors (Lipinski definition) is 7. The van der Waals surface area contributed by atoms with Gasteiger partial charge in [-0.25, -0.2) is 4.98 Å². The molecule has 0 aliphatic heterocycles. The van der Waals surface area contributed by atoms with Crippen molar-refractivity contribution >= 4 is 18.8 Å². The maximum absolute atomic E-state index is 12.8. The van der Waals surface area contributed by atoms with Gasteiger partial charge in [0.2, 0.25) is 0 Å². The Hall–Kier alpha value is -3.13. The summed E-state index contributed by atoms with van der Waals surface area (Å²) < 4.78 is 23.5. The third kappa shape index (κ3) is 5.76. The third-order valence-electron chi connectivity index (χ3n) is 4.50. The van der Waals surface area contributed by atoms with Crippen molar-refractivity contribution in [1.29, 1.82) is 0 Å². The fourth-order valence-corrected chi connectivity index (χ4v) is 4.54. The average molecular weight is 456 g/mol. The summed E-state index contributed by atoms with van der Waals surface area (Å²) in [4.78, 5) is 35.5. The summed E-state index contributed by atoms with van der Waals surface area (Å²) in [5.74, 6) is -0.219. The van der Waals surface area contributed by atoms with E-state index in [1.165, 1.54) is 6.20 Å². The highest BCUT2D eigenvalue weighted by molar-refractivity contribution is 7.62. The molecule has 2 N–H and O–H groups in total. The molecule has 0 saturated carbocycles. The number of pyridine rings is 1. The number of aromatic nitrogens is 3. The van der Waals surface area contributed by atoms with Gasteiger partial charge in [0.05, 0.1) is 18.5 Å². The molecule has 2 aromatic heterocycles. The van der Waals surface area contributed by atoms with Crippen LogP contribution in [0.4, 0.5) is 0 Å². The Bertz CT molecular complexity index is 1140. The molecule has 0 fully saturated rings. The van der Waals surface area contributed by atoms with E-state index >= 15 is 0 Å². The van der Waals surface area contributed by atoms with Crippen LogP contribution in [0.1, 0.15) is 29.8 Å². The van der Waals surface area contributed by atoms with Crippen LogP contribution < -0.4 is 16.2 Å². The highest BCUT2D eigenvalue weighted by Gasteiger charge is 2.26. The lowest BCUT2D eigenvalue weighted by molar-refractivity contribution is 0.0952. The van der Waals surface area contributed by atoms with E-state index in [-0.39, 0.29) is 18.8 Å². The molecule has 1 amide bonds. The minimum Gasteiger partial charge on any atom is -0.351 e. The zero-order valence-corrected chi connectivity index (χ0v) is 18.8. The van der Waals surface area contributed by atoms with Crippen molar-refractivity contribution in [2.45, 2.75) is 20.3 Å². The van der Waals surface area contributed by atoms with E-state index < -0.39 is 19.1 Å². The minimum atomic E-state index is -3.32. The number of aromatic amines is 1. The number of carbonyl (C=O) groups excluding carboxylic acids is 1. The van der Waals surface area contributed by atoms with Crippen LogP contribution in [0.15, 0.2) is 59.7 Å². The maximum atomic E-state index is 12.8. The predicted octanol–water partition coefficient (Wildman–Crippen LogP) is 2.70. The maximum Gasteiger partial charge on any atom is 0.361 e. The Morgan fingerprint density at radius 3 is 2.38 bits per heavy atom. The van der Waals surface area contributed by atoms with Gasteiger partial charge in [0.15, 0.2) is 5.82 Å². The van der Waals surface area contributed by atoms with Crippen molar-refractivity contribution in [3.05, 3.63) is 76.3 Å². The summed E-state index contributed by atoms with van der Waals surface area (Å²) >= 11 is 0. The Balaban J connectivity index is 1.59. The molecule has 0 bridgehead atoms. The smallest absolute Gasteiger partial charge is 0.351 e. The van der Waals surface area contributed by atoms with Crippen LogP contribution in [0.3, 0.4) is 0 Å². The second-order valence-corrected chi connectivity index (χ2v) is 8.72. The van der Waals surface area contributed by atoms with Crippen LogP contribution in [0.5, 0.6) is 0 Å². The number of nitrogens with zero attached hydrogens (tertiary/aromatic N) is 2. The fraction of sp³-hybridized carbons (Fsp3) is 0.273. The van der Waals surface area contributed by atoms with Crippen molar-refractivity contribution in [2.24, 2.45) is 0 Å². The second kappa shape index (κ2) is 10.9. The quantitative estimate of drug-likeness (QED) is 0.450. The second-order valence-electron chi connectivity index (χ2n) is 6.69. The number of carbonyl (C=O) groups is 1. The lowest BCUT2D eigenvalue weighted by atomic mass is 10.1. The normalized spacial score (nSPS) is 11.3. The Labute approximate surface area is 185 Å². The zero-order chi connectivity index (χ0) is 23.0. The van der Waals surface area contributed by atoms with Gasteiger partial charge in [-0.2, -0.15) is 0 Å². The number of benzene rings is 1. The Kier molecular flexibility index (Phi) is 8.05. The number of nitrogens with one attached hydrogen (secondary N) is 2. The molecule has 0 spiro atoms. The molecule has 0 aliphatic carbocycles. The minimum absolute atomic E-state index is 0.0746. The van der Waals surface area contributed by atoms with Gasteiger partial charge in [-0.15, -0.1) is 0 Å². The molecule has 32 heavy (non-hydrogen) atoms. The summed E-state index contributed by atoms with van der Waals surface area (Å²) in [5, 5.41) is 3.20. The van der Waals surface area contributed by atoms with Crippen molar-refractivity contribution < 1.29 is 18.4 Å². The van der Waals surface area contributed by atoms with Gasteiger partial charge >= 0.3 is 7.60 Å². The van der Waals surface area contributed by atoms with Crippen LogP contribution in [0.25, 0.3) is 11.5 Å². The molecule has 0 unspecified atom stereocenters. The topological polar surface area (TPSA) is 123 Å². The molecule has 9 nitrogen and oxygen atoms in total. The van der Waals surface area contributed by atoms with Gasteiger partial charge in [0, 0.05) is 18.9 Å². The van der Waals surface area contributed by atoms with Gasteiger partial charge in [-0.1, -0.05) is 18.2 Å². The average Bonchev–Trinajstić information content (AvgIpc) is 2.80. The lowest BCUT2D eigenvalue weighted by Gasteiger charge is -2.17. The number of amides is 1. The predicted molar refractivity (Wildman–Crippen MR) is 121 cm³/mol. The Morgan fingerprint density at radius 1 is 1.06 bits per heavy atom. The third-order valence-corrected chi connectivity index (χ3v) is 6.63. The molecule has 0 aliphatic rings. The van der Waals surface area contributed by atoms with Crippen molar-refractivity contribution in [2.75, 3.05) is 19.8 Å². The summed E-state index contributed by atoms with van der Waals surface area (Å²) in [6.07, 6.45) is 3.36. The molecule has 0 atom stereocenters. The van der Waals surface area contributed by atoms with E-state index in [9.17, 15) is 14.2 Å². The largest absolute Gasteiger partial charge is 0.361 e. The zero-order valence-electron chi connectivity index (χ0n) is 17.9. The molecule has 0 saturated heterocycles. The summed E-state index contributed by atoms with van der Waals surface area (Å²) in [6, 6.07) is 12.3. The molecule has 10 heteroatoms. The Morgan fingerprint density at radius 2 is 1.78 bits per heavy atom. The first-order valence-electron chi connectivity index (χ1n) is 10.2. The molecule has 0 radical (unpaired) electrons. The van der Waals surface area contributed by atoms with Gasteiger partial charge in [0.1, 0.15) is 11.3 Å². The molecule has 168 valence electrons. The van der Waals surface area contributed by atoms with Gasteiger partial charge in [-0.3, -0.25) is 19.1 Å². The van der Waals surface area contributed by atoms with Crippen LogP contribution in [0.2, 0.25) is 0 Å². The molecular formula is C22H25N4O5P. The molecule has 3 rings (SSSR count). The summed E-state index contributed by atoms with van der Waals surface area (Å²) in [6.45, 7) is 4.39. The van der Waals surface area contributed by atoms with Crippen molar-refractivity contribution in [3.8, 4) is 11.5 Å². The van der Waals surface area contributed by atoms with E-state index in [4.69, 9.17) is 9.05 Å². The molecule has 1 aromatic carbocycles. The van der Waals surface area contributed by atoms with E-state index in [2.05, 4.69) is 20.3 Å². The highest BCUT2D eigenvalue weighted by Crippen LogP contribution is 2.46. The highest BCUT2D eigenvalue weighted by atomic mass is 31.2. The van der Waals surface area contributed by atoms with E-state index in [0.29, 0.717) is 29.8 Å². The lowest BCUT2D eigenvalue weighted by Crippen LogP contribution is -2.31. The van der Waals surface area contributed by atoms with Crippen molar-refractivity contribution in [1.82, 2.24) is 20.3 Å². The number of H-pyrrole nitrogens is 1. The number of rotatable bonds is 10. The standard InChI is InChI=1S/C22H25N4O5P/c1-3-30-32(29,31-4-2)17-10-8-16(9-11-17)12-14-24-21(27)18-15-25-20(26-22(18)28)19-7-5-6-13-23-19/h5-11,13,15H,3-4,12,14H2,1-2H3,(H,24,27)(H,25,26,28). The molecule has 2 heterocycles. The van der Waals surface area contributed by atoms with Gasteiger partial charge in [-0.05, 0) is 50.1 Å². The van der Waals surface area contributed by atoms with Gasteiger partial charge in [0.25, 0.3) is 11.5 Å². The summed E-state index contributed by atoms with van der Waals surface area (Å²) in [7, 11) is -3.32. The SMILES string of the molecule is CCOP(=O)(OCC)c1ccc(CCNC(=O)c2cnc(-c3ccccn3)[nH]c2=O)cc1. The monoisotopic (exact) mass is 456 g/mol. The first-order chi connectivity index (χ1) is 15.5. The first kappa shape index (κ1) is 23.5. The van der Waals surface area contributed by atoms with E-state index in [0.717, 1.165) is 5.56 Å². The van der Waals surface area contributed by atoms with Crippen LogP contribution in [0, 0.1) is 0 Å². The fourth-order valence-electron chi connectivity index (χ4n) is 2.98. The van der Waals surface area contributed by atoms with Gasteiger partial charge < -0.3 is 19.3 Å². The van der Waals surface area contributed by atoms with Crippen molar-refractivity contribution in [3.63, 3.8) is 0 Å². The van der Waals surface area contributed by atoms with Crippen LogP contribution >= 0.6 is 7.60 Å². The van der Waals surface area contributed by atoms with E-state index in [1.54, 1.807) is 50.4 Å². The first-order valence-corrected chi connectivity index (χ1v) is 11.8. The molecule has 3 aromatic rings. The molecular weight excluding hydrogens is 431 g/mol. The number of hydrogen-bond donors (Lipinski definition) is 2. The summed E-state index contributed by atoms with van der Waals surface area (Å²) in [5.41, 5.74) is 0.823. The van der Waals surface area contributed by atoms with E-state index in [1.807, 2.05) is 12.1 Å². The van der Waals surface area contributed by atoms with Crippen LogP contribution in [-0.2, 0) is 20.0 Å².